The van der Waals surface area contributed by atoms with Crippen molar-refractivity contribution in [1.29, 1.82) is 5.26 Å². The van der Waals surface area contributed by atoms with Gasteiger partial charge in [-0.15, -0.1) is 0 Å². The highest BCUT2D eigenvalue weighted by molar-refractivity contribution is 5.90. The summed E-state index contributed by atoms with van der Waals surface area (Å²) in [4.78, 5) is 12.1. The summed E-state index contributed by atoms with van der Waals surface area (Å²) in [7, 11) is 0. The van der Waals surface area contributed by atoms with Crippen molar-refractivity contribution in [2.24, 2.45) is 5.92 Å². The lowest BCUT2D eigenvalue weighted by Gasteiger charge is -2.14. The number of rotatable bonds is 6. The Hall–Kier alpha value is -1.76. The van der Waals surface area contributed by atoms with E-state index < -0.39 is 17.6 Å². The first-order chi connectivity index (χ1) is 8.99. The molecule has 0 saturated carbocycles. The van der Waals surface area contributed by atoms with E-state index in [1.807, 2.05) is 13.0 Å². The van der Waals surface area contributed by atoms with Crippen molar-refractivity contribution in [1.82, 2.24) is 0 Å². The molecule has 0 fully saturated rings. The fourth-order valence-corrected chi connectivity index (χ4v) is 1.98. The van der Waals surface area contributed by atoms with Gasteiger partial charge >= 0.3 is 0 Å². The predicted molar refractivity (Wildman–Crippen MR) is 68.4 cm³/mol. The molecule has 1 aromatic carbocycles. The van der Waals surface area contributed by atoms with Crippen LogP contribution in [0.15, 0.2) is 18.2 Å². The summed E-state index contributed by atoms with van der Waals surface area (Å²) in [5, 5.41) is 9.09. The average Bonchev–Trinajstić information content (AvgIpc) is 2.35. The molecule has 0 aliphatic carbocycles. The van der Waals surface area contributed by atoms with Crippen molar-refractivity contribution in [3.05, 3.63) is 35.4 Å². The molecule has 0 saturated heterocycles. The van der Waals surface area contributed by atoms with Crippen LogP contribution in [-0.4, -0.2) is 5.78 Å². The van der Waals surface area contributed by atoms with Gasteiger partial charge in [0.15, 0.2) is 5.78 Å². The Bertz CT molecular complexity index is 473. The summed E-state index contributed by atoms with van der Waals surface area (Å²) in [5.41, 5.74) is 0.0911. The minimum absolute atomic E-state index is 0.0911. The zero-order valence-electron chi connectivity index (χ0n) is 11.1. The maximum atomic E-state index is 13.1. The van der Waals surface area contributed by atoms with Crippen molar-refractivity contribution in [2.75, 3.05) is 0 Å². The third-order valence-corrected chi connectivity index (χ3v) is 3.11. The number of nitriles is 1. The highest BCUT2D eigenvalue weighted by Gasteiger charge is 2.25. The Morgan fingerprint density at radius 2 is 1.89 bits per heavy atom. The van der Waals surface area contributed by atoms with Crippen LogP contribution in [0.5, 0.6) is 0 Å². The van der Waals surface area contributed by atoms with E-state index in [1.54, 1.807) is 6.92 Å². The first-order valence-corrected chi connectivity index (χ1v) is 6.39. The van der Waals surface area contributed by atoms with Crippen LogP contribution in [0, 0.1) is 28.9 Å². The minimum atomic E-state index is -1.10. The van der Waals surface area contributed by atoms with Crippen LogP contribution in [0.1, 0.15) is 44.6 Å². The Balaban J connectivity index is 2.94. The maximum Gasteiger partial charge on any atom is 0.157 e. The highest BCUT2D eigenvalue weighted by Crippen LogP contribution is 2.24. The molecule has 4 heteroatoms. The van der Waals surface area contributed by atoms with Crippen LogP contribution in [0.25, 0.3) is 0 Å². The molecule has 0 aliphatic heterocycles. The summed E-state index contributed by atoms with van der Waals surface area (Å²) in [5.74, 6) is -3.21. The number of halogens is 2. The van der Waals surface area contributed by atoms with Crippen molar-refractivity contribution >= 4 is 5.78 Å². The second kappa shape index (κ2) is 6.98. The van der Waals surface area contributed by atoms with Crippen molar-refractivity contribution in [3.8, 4) is 6.07 Å². The Kier molecular flexibility index (Phi) is 5.62. The standard InChI is InChI=1S/C15H17F2NO/c1-3-4-5-10(2)15(19)14(9-18)11-6-12(16)8-13(17)7-11/h6-8,10,14H,3-5H2,1-2H3. The Labute approximate surface area is 112 Å². The molecule has 0 spiro atoms. The number of hydrogen-bond acceptors (Lipinski definition) is 2. The molecule has 2 atom stereocenters. The molecule has 0 N–H and O–H groups in total. The fourth-order valence-electron chi connectivity index (χ4n) is 1.98. The van der Waals surface area contributed by atoms with E-state index >= 15 is 0 Å². The summed E-state index contributed by atoms with van der Waals surface area (Å²) >= 11 is 0. The number of carbonyl (C=O) groups excluding carboxylic acids is 1. The molecule has 0 radical (unpaired) electrons. The number of hydrogen-bond donors (Lipinski definition) is 0. The van der Waals surface area contributed by atoms with Gasteiger partial charge in [-0.2, -0.15) is 5.26 Å². The molecule has 1 aromatic rings. The number of Topliss-reactive ketones (excluding diaryl/α,β-unsaturated/α-hetero) is 1. The third kappa shape index (κ3) is 4.13. The van der Waals surface area contributed by atoms with E-state index in [-0.39, 0.29) is 17.3 Å². The average molecular weight is 265 g/mol. The van der Waals surface area contributed by atoms with Gasteiger partial charge in [-0.3, -0.25) is 4.79 Å². The molecule has 102 valence electrons. The van der Waals surface area contributed by atoms with Gasteiger partial charge in [-0.05, 0) is 24.1 Å². The quantitative estimate of drug-likeness (QED) is 0.781. The molecule has 0 heterocycles. The first kappa shape index (κ1) is 15.3. The molecule has 0 aliphatic rings. The smallest absolute Gasteiger partial charge is 0.157 e. The predicted octanol–water partition coefficient (Wildman–Crippen LogP) is 3.97. The van der Waals surface area contributed by atoms with E-state index in [0.29, 0.717) is 6.42 Å². The third-order valence-electron chi connectivity index (χ3n) is 3.11. The molecule has 0 bridgehead atoms. The molecule has 2 unspecified atom stereocenters. The van der Waals surface area contributed by atoms with Crippen LogP contribution in [0.3, 0.4) is 0 Å². The zero-order chi connectivity index (χ0) is 14.4. The summed E-state index contributed by atoms with van der Waals surface area (Å²) < 4.78 is 26.3. The van der Waals surface area contributed by atoms with Gasteiger partial charge in [-0.1, -0.05) is 26.7 Å². The lowest BCUT2D eigenvalue weighted by Crippen LogP contribution is -2.19. The molecule has 0 aromatic heterocycles. The van der Waals surface area contributed by atoms with Crippen molar-refractivity contribution in [3.63, 3.8) is 0 Å². The fraction of sp³-hybridized carbons (Fsp3) is 0.467. The second-order valence-corrected chi connectivity index (χ2v) is 4.71. The van der Waals surface area contributed by atoms with E-state index in [0.717, 1.165) is 31.0 Å². The van der Waals surface area contributed by atoms with Gasteiger partial charge in [0, 0.05) is 12.0 Å². The van der Waals surface area contributed by atoms with Crippen LogP contribution in [0.2, 0.25) is 0 Å². The molecular formula is C15H17F2NO. The molecule has 19 heavy (non-hydrogen) atoms. The van der Waals surface area contributed by atoms with Gasteiger partial charge < -0.3 is 0 Å². The van der Waals surface area contributed by atoms with Gasteiger partial charge in [0.2, 0.25) is 0 Å². The summed E-state index contributed by atoms with van der Waals surface area (Å²) in [6, 6.07) is 4.66. The largest absolute Gasteiger partial charge is 0.298 e. The topological polar surface area (TPSA) is 40.9 Å². The number of benzene rings is 1. The van der Waals surface area contributed by atoms with Gasteiger partial charge in [0.25, 0.3) is 0 Å². The van der Waals surface area contributed by atoms with E-state index in [9.17, 15) is 13.6 Å². The molecule has 0 amide bonds. The van der Waals surface area contributed by atoms with E-state index in [1.165, 1.54) is 0 Å². The maximum absolute atomic E-state index is 13.1. The minimum Gasteiger partial charge on any atom is -0.298 e. The number of unbranched alkanes of at least 4 members (excludes halogenated alkanes) is 1. The van der Waals surface area contributed by atoms with Crippen LogP contribution >= 0.6 is 0 Å². The second-order valence-electron chi connectivity index (χ2n) is 4.71. The highest BCUT2D eigenvalue weighted by atomic mass is 19.1. The zero-order valence-corrected chi connectivity index (χ0v) is 11.1. The molecular weight excluding hydrogens is 248 g/mol. The van der Waals surface area contributed by atoms with Gasteiger partial charge in [0.1, 0.15) is 17.6 Å². The number of carbonyl (C=O) groups is 1. The van der Waals surface area contributed by atoms with Crippen LogP contribution in [-0.2, 0) is 4.79 Å². The Morgan fingerprint density at radius 1 is 1.32 bits per heavy atom. The van der Waals surface area contributed by atoms with Crippen LogP contribution < -0.4 is 0 Å². The lowest BCUT2D eigenvalue weighted by atomic mass is 9.86. The molecule has 2 nitrogen and oxygen atoms in total. The number of ketones is 1. The van der Waals surface area contributed by atoms with E-state index in [4.69, 9.17) is 5.26 Å². The van der Waals surface area contributed by atoms with Crippen LogP contribution in [0.4, 0.5) is 8.78 Å². The monoisotopic (exact) mass is 265 g/mol. The summed E-state index contributed by atoms with van der Waals surface area (Å²) in [6.45, 7) is 3.76. The van der Waals surface area contributed by atoms with E-state index in [2.05, 4.69) is 0 Å². The van der Waals surface area contributed by atoms with Crippen molar-refractivity contribution < 1.29 is 13.6 Å². The lowest BCUT2D eigenvalue weighted by molar-refractivity contribution is -0.122. The van der Waals surface area contributed by atoms with Crippen molar-refractivity contribution in [2.45, 2.75) is 39.0 Å². The summed E-state index contributed by atoms with van der Waals surface area (Å²) in [6.07, 6.45) is 2.54. The number of nitrogens with zero attached hydrogens (tertiary/aromatic N) is 1. The normalized spacial score (nSPS) is 13.6. The Morgan fingerprint density at radius 3 is 2.37 bits per heavy atom. The first-order valence-electron chi connectivity index (χ1n) is 6.39. The molecule has 1 rings (SSSR count). The van der Waals surface area contributed by atoms with Gasteiger partial charge in [-0.25, -0.2) is 8.78 Å². The SMILES string of the molecule is CCCCC(C)C(=O)C(C#N)c1cc(F)cc(F)c1. The van der Waals surface area contributed by atoms with Gasteiger partial charge in [0.05, 0.1) is 6.07 Å².